The summed E-state index contributed by atoms with van der Waals surface area (Å²) >= 11 is 13.1. The van der Waals surface area contributed by atoms with Crippen LogP contribution in [0.2, 0.25) is 5.02 Å². The van der Waals surface area contributed by atoms with Crippen molar-refractivity contribution in [1.29, 1.82) is 0 Å². The first-order valence-corrected chi connectivity index (χ1v) is 8.56. The first-order chi connectivity index (χ1) is 9.10. The number of benzene rings is 1. The average Bonchev–Trinajstić information content (AvgIpc) is 2.39. The van der Waals surface area contributed by atoms with E-state index in [1.54, 1.807) is 0 Å². The minimum Gasteiger partial charge on any atom is -0.389 e. The zero-order valence-corrected chi connectivity index (χ0v) is 13.4. The topological polar surface area (TPSA) is 38.0 Å². The molecular weight excluding hydrogens is 296 g/mol. The van der Waals surface area contributed by atoms with E-state index < -0.39 is 0 Å². The molecule has 1 aromatic carbocycles. The van der Waals surface area contributed by atoms with E-state index in [1.165, 1.54) is 25.7 Å². The van der Waals surface area contributed by atoms with E-state index in [1.807, 2.05) is 30.0 Å². The van der Waals surface area contributed by atoms with Crippen LogP contribution >= 0.6 is 35.6 Å². The third-order valence-corrected chi connectivity index (χ3v) is 5.21. The second-order valence-electron chi connectivity index (χ2n) is 4.91. The van der Waals surface area contributed by atoms with Crippen molar-refractivity contribution in [3.63, 3.8) is 0 Å². The van der Waals surface area contributed by atoms with Crippen molar-refractivity contribution in [1.82, 2.24) is 0 Å². The summed E-state index contributed by atoms with van der Waals surface area (Å²) in [5, 5.41) is 5.08. The van der Waals surface area contributed by atoms with Crippen LogP contribution in [0.5, 0.6) is 0 Å². The maximum absolute atomic E-state index is 6.06. The summed E-state index contributed by atoms with van der Waals surface area (Å²) in [5.41, 5.74) is 7.60. The second-order valence-corrected chi connectivity index (χ2v) is 6.92. The Kier molecular flexibility index (Phi) is 5.37. The molecule has 1 saturated carbocycles. The van der Waals surface area contributed by atoms with Crippen LogP contribution < -0.4 is 11.1 Å². The van der Waals surface area contributed by atoms with E-state index >= 15 is 0 Å². The largest absolute Gasteiger partial charge is 0.389 e. The van der Waals surface area contributed by atoms with Crippen molar-refractivity contribution in [2.75, 3.05) is 11.6 Å². The Hall–Kier alpha value is -0.450. The SMILES string of the molecule is CSC1CCC(Nc2cc(Cl)ccc2C(N)=S)CC1. The molecule has 0 atom stereocenters. The molecule has 0 aliphatic heterocycles. The zero-order valence-electron chi connectivity index (χ0n) is 11.0. The molecule has 0 saturated heterocycles. The van der Waals surface area contributed by atoms with E-state index in [4.69, 9.17) is 29.6 Å². The van der Waals surface area contributed by atoms with Gasteiger partial charge in [-0.15, -0.1) is 0 Å². The monoisotopic (exact) mass is 314 g/mol. The number of nitrogens with two attached hydrogens (primary N) is 1. The molecule has 0 unspecified atom stereocenters. The van der Waals surface area contributed by atoms with Crippen LogP contribution in [0.4, 0.5) is 5.69 Å². The number of nitrogens with one attached hydrogen (secondary N) is 1. The van der Waals surface area contributed by atoms with Gasteiger partial charge in [0.1, 0.15) is 4.99 Å². The predicted octanol–water partition coefficient (Wildman–Crippen LogP) is 4.06. The average molecular weight is 315 g/mol. The fourth-order valence-corrected chi connectivity index (χ4v) is 3.61. The van der Waals surface area contributed by atoms with Gasteiger partial charge in [-0.3, -0.25) is 0 Å². The summed E-state index contributed by atoms with van der Waals surface area (Å²) in [5.74, 6) is 0. The van der Waals surface area contributed by atoms with Gasteiger partial charge >= 0.3 is 0 Å². The van der Waals surface area contributed by atoms with Gasteiger partial charge in [0.15, 0.2) is 0 Å². The lowest BCUT2D eigenvalue weighted by Crippen LogP contribution is -2.28. The van der Waals surface area contributed by atoms with Gasteiger partial charge in [-0.05, 0) is 50.1 Å². The Morgan fingerprint density at radius 3 is 2.63 bits per heavy atom. The van der Waals surface area contributed by atoms with Crippen molar-refractivity contribution in [2.24, 2.45) is 5.73 Å². The lowest BCUT2D eigenvalue weighted by Gasteiger charge is -2.29. The highest BCUT2D eigenvalue weighted by atomic mass is 35.5. The molecule has 2 nitrogen and oxygen atoms in total. The van der Waals surface area contributed by atoms with Crippen LogP contribution in [-0.2, 0) is 0 Å². The quantitative estimate of drug-likeness (QED) is 0.822. The number of anilines is 1. The minimum atomic E-state index is 0.414. The minimum absolute atomic E-state index is 0.414. The molecule has 0 radical (unpaired) electrons. The highest BCUT2D eigenvalue weighted by Crippen LogP contribution is 2.30. The standard InChI is InChI=1S/C14H19ClN2S2/c1-19-11-5-3-10(4-6-11)17-13-8-9(15)2-7-12(13)14(16)18/h2,7-8,10-11,17H,3-6H2,1H3,(H2,16,18). The summed E-state index contributed by atoms with van der Waals surface area (Å²) in [4.78, 5) is 0.414. The summed E-state index contributed by atoms with van der Waals surface area (Å²) in [6, 6.07) is 6.12. The number of rotatable bonds is 4. The van der Waals surface area contributed by atoms with Crippen LogP contribution in [0.3, 0.4) is 0 Å². The van der Waals surface area contributed by atoms with Gasteiger partial charge in [0, 0.05) is 27.6 Å². The molecule has 0 spiro atoms. The molecule has 0 heterocycles. The molecule has 1 aliphatic carbocycles. The zero-order chi connectivity index (χ0) is 13.8. The van der Waals surface area contributed by atoms with Crippen LogP contribution in [0.25, 0.3) is 0 Å². The maximum atomic E-state index is 6.06. The molecule has 0 aromatic heterocycles. The predicted molar refractivity (Wildman–Crippen MR) is 90.5 cm³/mol. The fourth-order valence-electron chi connectivity index (χ4n) is 2.51. The Labute approximate surface area is 129 Å². The molecule has 19 heavy (non-hydrogen) atoms. The Morgan fingerprint density at radius 1 is 1.37 bits per heavy atom. The lowest BCUT2D eigenvalue weighted by molar-refractivity contribution is 0.473. The van der Waals surface area contributed by atoms with Crippen molar-refractivity contribution >= 4 is 46.3 Å². The van der Waals surface area contributed by atoms with Crippen molar-refractivity contribution < 1.29 is 0 Å². The van der Waals surface area contributed by atoms with Gasteiger partial charge < -0.3 is 11.1 Å². The van der Waals surface area contributed by atoms with E-state index in [9.17, 15) is 0 Å². The van der Waals surface area contributed by atoms with Gasteiger partial charge in [-0.1, -0.05) is 23.8 Å². The first-order valence-electron chi connectivity index (χ1n) is 6.49. The highest BCUT2D eigenvalue weighted by Gasteiger charge is 2.21. The number of thiocarbonyl (C=S) groups is 1. The Balaban J connectivity index is 2.06. The summed E-state index contributed by atoms with van der Waals surface area (Å²) in [7, 11) is 0. The molecule has 3 N–H and O–H groups in total. The highest BCUT2D eigenvalue weighted by molar-refractivity contribution is 7.99. The molecule has 2 rings (SSSR count). The molecule has 104 valence electrons. The normalized spacial score (nSPS) is 23.1. The number of hydrogen-bond donors (Lipinski definition) is 2. The molecule has 1 aliphatic rings. The molecule has 1 aromatic rings. The molecule has 1 fully saturated rings. The van der Waals surface area contributed by atoms with Crippen LogP contribution in [0, 0.1) is 0 Å². The Bertz CT molecular complexity index is 457. The van der Waals surface area contributed by atoms with Gasteiger partial charge in [-0.25, -0.2) is 0 Å². The van der Waals surface area contributed by atoms with Crippen LogP contribution in [-0.4, -0.2) is 22.5 Å². The van der Waals surface area contributed by atoms with Gasteiger partial charge in [0.05, 0.1) is 0 Å². The third kappa shape index (κ3) is 4.01. The smallest absolute Gasteiger partial charge is 0.106 e. The number of halogens is 1. The lowest BCUT2D eigenvalue weighted by atomic mass is 9.94. The van der Waals surface area contributed by atoms with Crippen LogP contribution in [0.15, 0.2) is 18.2 Å². The van der Waals surface area contributed by atoms with Gasteiger partial charge in [0.25, 0.3) is 0 Å². The number of thioether (sulfide) groups is 1. The fraction of sp³-hybridized carbons (Fsp3) is 0.500. The van der Waals surface area contributed by atoms with Gasteiger partial charge in [-0.2, -0.15) is 11.8 Å². The van der Waals surface area contributed by atoms with Gasteiger partial charge in [0.2, 0.25) is 0 Å². The Morgan fingerprint density at radius 2 is 2.05 bits per heavy atom. The summed E-state index contributed by atoms with van der Waals surface area (Å²) in [6.07, 6.45) is 7.10. The second kappa shape index (κ2) is 6.82. The maximum Gasteiger partial charge on any atom is 0.106 e. The van der Waals surface area contributed by atoms with Crippen molar-refractivity contribution in [3.05, 3.63) is 28.8 Å². The van der Waals surface area contributed by atoms with E-state index in [-0.39, 0.29) is 0 Å². The van der Waals surface area contributed by atoms with E-state index in [0.717, 1.165) is 16.5 Å². The van der Waals surface area contributed by atoms with E-state index in [0.29, 0.717) is 16.1 Å². The molecule has 5 heteroatoms. The van der Waals surface area contributed by atoms with E-state index in [2.05, 4.69) is 11.6 Å². The van der Waals surface area contributed by atoms with Crippen molar-refractivity contribution in [3.8, 4) is 0 Å². The summed E-state index contributed by atoms with van der Waals surface area (Å²) in [6.45, 7) is 0. The van der Waals surface area contributed by atoms with Crippen molar-refractivity contribution in [2.45, 2.75) is 37.0 Å². The number of hydrogen-bond acceptors (Lipinski definition) is 3. The molecule has 0 bridgehead atoms. The van der Waals surface area contributed by atoms with Crippen LogP contribution in [0.1, 0.15) is 31.2 Å². The first kappa shape index (κ1) is 14.9. The molecule has 0 amide bonds. The summed E-state index contributed by atoms with van der Waals surface area (Å²) < 4.78 is 0. The molecular formula is C14H19ClN2S2. The third-order valence-electron chi connectivity index (χ3n) is 3.61.